The van der Waals surface area contributed by atoms with Gasteiger partial charge in [0.2, 0.25) is 0 Å². The van der Waals surface area contributed by atoms with E-state index in [0.717, 1.165) is 0 Å². The van der Waals surface area contributed by atoms with Gasteiger partial charge in [-0.25, -0.2) is 9.78 Å². The van der Waals surface area contributed by atoms with Crippen molar-refractivity contribution in [3.05, 3.63) is 86.3 Å². The number of esters is 1. The van der Waals surface area contributed by atoms with E-state index < -0.39 is 12.1 Å². The highest BCUT2D eigenvalue weighted by molar-refractivity contribution is 6.36. The second-order valence-corrected chi connectivity index (χ2v) is 7.13. The third-order valence-corrected chi connectivity index (χ3v) is 4.76. The summed E-state index contributed by atoms with van der Waals surface area (Å²) in [5.41, 5.74) is 0.847. The molecule has 0 bridgehead atoms. The van der Waals surface area contributed by atoms with Gasteiger partial charge in [-0.2, -0.15) is 0 Å². The molecule has 142 valence electrons. The minimum absolute atomic E-state index is 0. The zero-order chi connectivity index (χ0) is 18.7. The minimum atomic E-state index is -0.659. The summed E-state index contributed by atoms with van der Waals surface area (Å²) in [5.74, 6) is -0.581. The Balaban J connectivity index is 0.00000261. The Bertz CT molecular complexity index is 932. The monoisotopic (exact) mass is 464 g/mol. The van der Waals surface area contributed by atoms with Crippen LogP contribution < -0.4 is 0 Å². The zero-order valence-electron chi connectivity index (χ0n) is 13.6. The summed E-state index contributed by atoms with van der Waals surface area (Å²) in [4.78, 5) is 16.6. The van der Waals surface area contributed by atoms with Gasteiger partial charge in [0.15, 0.2) is 0 Å². The van der Waals surface area contributed by atoms with Gasteiger partial charge in [-0.05, 0) is 30.3 Å². The van der Waals surface area contributed by atoms with E-state index in [-0.39, 0.29) is 23.0 Å². The van der Waals surface area contributed by atoms with Crippen LogP contribution in [0.25, 0.3) is 0 Å². The van der Waals surface area contributed by atoms with E-state index in [1.807, 2.05) is 0 Å². The molecule has 4 nitrogen and oxygen atoms in total. The van der Waals surface area contributed by atoms with Gasteiger partial charge >= 0.3 is 5.97 Å². The maximum absolute atomic E-state index is 12.6. The molecule has 0 amide bonds. The molecule has 1 aromatic heterocycles. The van der Waals surface area contributed by atoms with Gasteiger partial charge in [0.25, 0.3) is 0 Å². The fourth-order valence-corrected chi connectivity index (χ4v) is 3.41. The molecule has 2 aromatic carbocycles. The summed E-state index contributed by atoms with van der Waals surface area (Å²) >= 11 is 24.2. The van der Waals surface area contributed by atoms with Crippen LogP contribution >= 0.6 is 58.8 Å². The molecule has 3 rings (SSSR count). The molecule has 0 saturated carbocycles. The summed E-state index contributed by atoms with van der Waals surface area (Å²) in [6.07, 6.45) is 4.37. The van der Waals surface area contributed by atoms with Crippen LogP contribution in [0.2, 0.25) is 20.1 Å². The van der Waals surface area contributed by atoms with Crippen LogP contribution in [0.1, 0.15) is 22.0 Å². The standard InChI is InChI=1S/C18H12Cl4N2O2.ClH/c19-11-1-3-13(15(21)7-11)17(9-24-6-5-23-10-24)26-18(25)14-4-2-12(20)8-16(14)22;/h1-8,10,17H,9H2;1H. The van der Waals surface area contributed by atoms with E-state index in [9.17, 15) is 4.79 Å². The van der Waals surface area contributed by atoms with Crippen LogP contribution in [0, 0.1) is 0 Å². The Morgan fingerprint density at radius 2 is 1.70 bits per heavy atom. The number of ether oxygens (including phenoxy) is 1. The minimum Gasteiger partial charge on any atom is -0.452 e. The number of rotatable bonds is 5. The molecule has 9 heteroatoms. The van der Waals surface area contributed by atoms with E-state index in [1.54, 1.807) is 47.6 Å². The summed E-state index contributed by atoms with van der Waals surface area (Å²) < 4.78 is 7.48. The van der Waals surface area contributed by atoms with Gasteiger partial charge in [-0.3, -0.25) is 0 Å². The Labute approximate surface area is 182 Å². The maximum atomic E-state index is 12.6. The highest BCUT2D eigenvalue weighted by Gasteiger charge is 2.22. The molecule has 0 spiro atoms. The molecule has 0 aliphatic heterocycles. The first-order valence-electron chi connectivity index (χ1n) is 7.51. The van der Waals surface area contributed by atoms with Crippen LogP contribution in [-0.4, -0.2) is 15.5 Å². The van der Waals surface area contributed by atoms with Crippen molar-refractivity contribution in [1.29, 1.82) is 0 Å². The normalized spacial score (nSPS) is 11.6. The first kappa shape index (κ1) is 21.9. The largest absolute Gasteiger partial charge is 0.452 e. The number of carbonyl (C=O) groups is 1. The second kappa shape index (κ2) is 9.67. The Kier molecular flexibility index (Phi) is 7.83. The lowest BCUT2D eigenvalue weighted by Gasteiger charge is -2.20. The van der Waals surface area contributed by atoms with Crippen molar-refractivity contribution in [2.24, 2.45) is 0 Å². The quantitative estimate of drug-likeness (QED) is 0.402. The van der Waals surface area contributed by atoms with Gasteiger partial charge in [-0.15, -0.1) is 12.4 Å². The number of benzene rings is 2. The van der Waals surface area contributed by atoms with E-state index >= 15 is 0 Å². The van der Waals surface area contributed by atoms with Crippen molar-refractivity contribution in [3.8, 4) is 0 Å². The van der Waals surface area contributed by atoms with Crippen LogP contribution in [0.3, 0.4) is 0 Å². The van der Waals surface area contributed by atoms with Crippen LogP contribution in [0.15, 0.2) is 55.1 Å². The number of imidazole rings is 1. The molecule has 3 aromatic rings. The van der Waals surface area contributed by atoms with Gasteiger partial charge in [-0.1, -0.05) is 52.5 Å². The summed E-state index contributed by atoms with van der Waals surface area (Å²) in [7, 11) is 0. The van der Waals surface area contributed by atoms with Crippen molar-refractivity contribution in [3.63, 3.8) is 0 Å². The number of carbonyl (C=O) groups excluding carboxylic acids is 1. The maximum Gasteiger partial charge on any atom is 0.340 e. The molecule has 1 heterocycles. The molecule has 0 radical (unpaired) electrons. The second-order valence-electron chi connectivity index (χ2n) is 5.44. The molecule has 0 aliphatic carbocycles. The lowest BCUT2D eigenvalue weighted by atomic mass is 10.1. The van der Waals surface area contributed by atoms with Crippen molar-refractivity contribution in [2.75, 3.05) is 0 Å². The van der Waals surface area contributed by atoms with Crippen molar-refractivity contribution < 1.29 is 9.53 Å². The smallest absolute Gasteiger partial charge is 0.340 e. The number of hydrogen-bond donors (Lipinski definition) is 0. The average molecular weight is 467 g/mol. The number of hydrogen-bond acceptors (Lipinski definition) is 3. The zero-order valence-corrected chi connectivity index (χ0v) is 17.5. The van der Waals surface area contributed by atoms with E-state index in [1.165, 1.54) is 12.1 Å². The predicted molar refractivity (Wildman–Crippen MR) is 111 cm³/mol. The SMILES string of the molecule is Cl.O=C(OC(Cn1ccnc1)c1ccc(Cl)cc1Cl)c1ccc(Cl)cc1Cl. The summed E-state index contributed by atoms with van der Waals surface area (Å²) in [6.45, 7) is 0.332. The van der Waals surface area contributed by atoms with Crippen LogP contribution in [0.5, 0.6) is 0 Å². The van der Waals surface area contributed by atoms with Gasteiger partial charge in [0.05, 0.1) is 23.5 Å². The van der Waals surface area contributed by atoms with Gasteiger partial charge in [0, 0.05) is 33.0 Å². The van der Waals surface area contributed by atoms with Gasteiger partial charge < -0.3 is 9.30 Å². The number of nitrogens with zero attached hydrogens (tertiary/aromatic N) is 2. The van der Waals surface area contributed by atoms with Crippen molar-refractivity contribution in [1.82, 2.24) is 9.55 Å². The fourth-order valence-electron chi connectivity index (χ4n) is 2.40. The highest BCUT2D eigenvalue weighted by atomic mass is 35.5. The lowest BCUT2D eigenvalue weighted by Crippen LogP contribution is -2.17. The van der Waals surface area contributed by atoms with E-state index in [0.29, 0.717) is 27.2 Å². The molecule has 0 fully saturated rings. The van der Waals surface area contributed by atoms with Crippen LogP contribution in [-0.2, 0) is 11.3 Å². The number of halogens is 5. The Hall–Kier alpha value is -1.43. The Morgan fingerprint density at radius 3 is 2.30 bits per heavy atom. The predicted octanol–water partition coefficient (Wildman–Crippen LogP) is 6.52. The third kappa shape index (κ3) is 5.53. The number of aromatic nitrogens is 2. The van der Waals surface area contributed by atoms with Crippen molar-refractivity contribution >= 4 is 64.8 Å². The lowest BCUT2D eigenvalue weighted by molar-refractivity contribution is 0.0256. The Morgan fingerprint density at radius 1 is 1.04 bits per heavy atom. The molecule has 1 unspecified atom stereocenters. The average Bonchev–Trinajstić information content (AvgIpc) is 3.07. The molecular formula is C18H13Cl5N2O2. The third-order valence-electron chi connectivity index (χ3n) is 3.65. The molecule has 1 atom stereocenters. The van der Waals surface area contributed by atoms with E-state index in [4.69, 9.17) is 51.1 Å². The van der Waals surface area contributed by atoms with Crippen molar-refractivity contribution in [2.45, 2.75) is 12.6 Å². The molecule has 0 saturated heterocycles. The fraction of sp³-hybridized carbons (Fsp3) is 0.111. The molecular weight excluding hydrogens is 453 g/mol. The first-order chi connectivity index (χ1) is 12.4. The van der Waals surface area contributed by atoms with Crippen LogP contribution in [0.4, 0.5) is 0 Å². The molecule has 27 heavy (non-hydrogen) atoms. The first-order valence-corrected chi connectivity index (χ1v) is 9.02. The van der Waals surface area contributed by atoms with Gasteiger partial charge in [0.1, 0.15) is 6.10 Å². The summed E-state index contributed by atoms with van der Waals surface area (Å²) in [6, 6.07) is 9.59. The summed E-state index contributed by atoms with van der Waals surface area (Å²) in [5, 5.41) is 1.54. The topological polar surface area (TPSA) is 44.1 Å². The van der Waals surface area contributed by atoms with E-state index in [2.05, 4.69) is 4.98 Å². The molecule has 0 N–H and O–H groups in total. The molecule has 0 aliphatic rings. The highest BCUT2D eigenvalue weighted by Crippen LogP contribution is 2.31.